The van der Waals surface area contributed by atoms with E-state index in [2.05, 4.69) is 201 Å². The second-order valence-electron chi connectivity index (χ2n) is 18.0. The Kier molecular flexibility index (Phi) is 7.50. The Bertz CT molecular complexity index is 2310. The van der Waals surface area contributed by atoms with E-state index >= 15 is 0 Å². The van der Waals surface area contributed by atoms with Crippen LogP contribution in [-0.2, 0) is 16.2 Å². The van der Waals surface area contributed by atoms with Crippen LogP contribution in [0.25, 0.3) is 33.4 Å². The van der Waals surface area contributed by atoms with E-state index in [-0.39, 0.29) is 16.2 Å². The summed E-state index contributed by atoms with van der Waals surface area (Å²) in [6.45, 7) is 24.0. The highest BCUT2D eigenvalue weighted by molar-refractivity contribution is 7.03. The van der Waals surface area contributed by atoms with Crippen molar-refractivity contribution in [3.8, 4) is 33.4 Å². The second kappa shape index (κ2) is 11.4. The Hall–Kier alpha value is -4.66. The first-order valence-corrected chi connectivity index (χ1v) is 21.6. The van der Waals surface area contributed by atoms with Gasteiger partial charge in [0.15, 0.2) is 0 Å². The van der Waals surface area contributed by atoms with E-state index in [1.165, 1.54) is 83.1 Å². The highest BCUT2D eigenvalue weighted by Crippen LogP contribution is 2.54. The van der Waals surface area contributed by atoms with Gasteiger partial charge in [-0.3, -0.25) is 0 Å². The fourth-order valence-corrected chi connectivity index (χ4v) is 11.9. The molecule has 1 heterocycles. The molecule has 0 bridgehead atoms. The number of benzene rings is 6. The number of hydrogen-bond donors (Lipinski definition) is 0. The summed E-state index contributed by atoms with van der Waals surface area (Å²) >= 11 is 0. The molecule has 2 aliphatic rings. The molecule has 1 nitrogen and oxygen atoms in total. The van der Waals surface area contributed by atoms with Crippen LogP contribution in [0, 0.1) is 0 Å². The lowest BCUT2D eigenvalue weighted by Gasteiger charge is -2.32. The smallest absolute Gasteiger partial charge is 0.113 e. The maximum absolute atomic E-state index is 2.51. The summed E-state index contributed by atoms with van der Waals surface area (Å²) in [6.07, 6.45) is 0. The van der Waals surface area contributed by atoms with Gasteiger partial charge in [0, 0.05) is 22.5 Å². The fraction of sp³-hybridized carbons (Fsp3) is 0.265. The van der Waals surface area contributed by atoms with Crippen LogP contribution in [0.1, 0.15) is 77.6 Å². The van der Waals surface area contributed by atoms with Crippen molar-refractivity contribution in [1.82, 2.24) is 0 Å². The average molecular weight is 682 g/mol. The van der Waals surface area contributed by atoms with Crippen LogP contribution in [0.5, 0.6) is 0 Å². The standard InChI is InChI=1S/C49H51NSi/c1-47(2,3)34-28-41-40-30-36(25-27-42(40)49(7,8)46(41)43(29-34)48(4,5)6)50(35-22-20-33(21-23-35)32-16-12-11-13-17-32)37-24-26-39-38-18-14-15-19-44(38)51(9,10)45(39)31-37/h11-31H,1-10H3. The van der Waals surface area contributed by atoms with Crippen molar-refractivity contribution in [2.75, 3.05) is 4.90 Å². The summed E-state index contributed by atoms with van der Waals surface area (Å²) in [7, 11) is -1.87. The number of anilines is 3. The van der Waals surface area contributed by atoms with Gasteiger partial charge in [-0.15, -0.1) is 0 Å². The number of rotatable bonds is 4. The van der Waals surface area contributed by atoms with E-state index in [1.54, 1.807) is 0 Å². The zero-order valence-electron chi connectivity index (χ0n) is 32.1. The lowest BCUT2D eigenvalue weighted by Crippen LogP contribution is -2.49. The Balaban J connectivity index is 1.34. The van der Waals surface area contributed by atoms with Gasteiger partial charge in [0.05, 0.1) is 0 Å². The molecule has 0 spiro atoms. The van der Waals surface area contributed by atoms with Crippen LogP contribution in [0.3, 0.4) is 0 Å². The molecule has 6 aromatic rings. The monoisotopic (exact) mass is 681 g/mol. The topological polar surface area (TPSA) is 3.24 Å². The van der Waals surface area contributed by atoms with Gasteiger partial charge in [-0.2, -0.15) is 0 Å². The summed E-state index contributed by atoms with van der Waals surface area (Å²) in [5.41, 5.74) is 17.3. The highest BCUT2D eigenvalue weighted by atomic mass is 28.3. The predicted octanol–water partition coefficient (Wildman–Crippen LogP) is 12.5. The van der Waals surface area contributed by atoms with E-state index in [9.17, 15) is 0 Å². The zero-order valence-corrected chi connectivity index (χ0v) is 33.1. The van der Waals surface area contributed by atoms with Gasteiger partial charge in [0.2, 0.25) is 0 Å². The maximum Gasteiger partial charge on any atom is 0.113 e. The van der Waals surface area contributed by atoms with E-state index in [0.29, 0.717) is 0 Å². The van der Waals surface area contributed by atoms with Gasteiger partial charge in [-0.1, -0.05) is 159 Å². The molecule has 0 saturated carbocycles. The third kappa shape index (κ3) is 5.33. The van der Waals surface area contributed by atoms with E-state index in [0.717, 1.165) is 0 Å². The molecule has 1 aliphatic heterocycles. The van der Waals surface area contributed by atoms with Crippen molar-refractivity contribution in [2.45, 2.75) is 84.7 Å². The third-order valence-corrected chi connectivity index (χ3v) is 15.3. The van der Waals surface area contributed by atoms with Crippen LogP contribution in [0.15, 0.2) is 127 Å². The van der Waals surface area contributed by atoms with Crippen molar-refractivity contribution in [3.63, 3.8) is 0 Å². The molecule has 0 aromatic heterocycles. The van der Waals surface area contributed by atoms with E-state index in [4.69, 9.17) is 0 Å². The number of hydrogen-bond acceptors (Lipinski definition) is 1. The van der Waals surface area contributed by atoms with Crippen molar-refractivity contribution in [3.05, 3.63) is 150 Å². The van der Waals surface area contributed by atoms with Crippen LogP contribution in [0.2, 0.25) is 13.1 Å². The minimum Gasteiger partial charge on any atom is -0.310 e. The molecule has 0 N–H and O–H groups in total. The minimum atomic E-state index is -1.87. The Morgan fingerprint density at radius 2 is 1.08 bits per heavy atom. The highest BCUT2D eigenvalue weighted by Gasteiger charge is 2.41. The van der Waals surface area contributed by atoms with E-state index in [1.807, 2.05) is 0 Å². The quantitative estimate of drug-likeness (QED) is 0.167. The largest absolute Gasteiger partial charge is 0.310 e. The molecule has 8 rings (SSSR count). The van der Waals surface area contributed by atoms with Crippen LogP contribution in [0.4, 0.5) is 17.1 Å². The van der Waals surface area contributed by atoms with Gasteiger partial charge in [0.25, 0.3) is 0 Å². The lowest BCUT2D eigenvalue weighted by atomic mass is 9.71. The minimum absolute atomic E-state index is 0.0265. The molecule has 0 saturated heterocycles. The first-order chi connectivity index (χ1) is 24.1. The van der Waals surface area contributed by atoms with Crippen molar-refractivity contribution < 1.29 is 0 Å². The lowest BCUT2D eigenvalue weighted by molar-refractivity contribution is 0.545. The predicted molar refractivity (Wildman–Crippen MR) is 224 cm³/mol. The average Bonchev–Trinajstić information content (AvgIpc) is 3.47. The van der Waals surface area contributed by atoms with Crippen molar-refractivity contribution >= 4 is 35.5 Å². The Morgan fingerprint density at radius 1 is 0.490 bits per heavy atom. The van der Waals surface area contributed by atoms with Crippen molar-refractivity contribution in [1.29, 1.82) is 0 Å². The Labute approximate surface area is 307 Å². The maximum atomic E-state index is 2.51. The van der Waals surface area contributed by atoms with Gasteiger partial charge >= 0.3 is 0 Å². The van der Waals surface area contributed by atoms with Gasteiger partial charge in [-0.25, -0.2) is 0 Å². The second-order valence-corrected chi connectivity index (χ2v) is 22.3. The molecule has 256 valence electrons. The first kappa shape index (κ1) is 33.5. The SMILES string of the molecule is CC(C)(C)c1cc2c(c(C(C)(C)C)c1)C(C)(C)c1ccc(N(c3ccc(-c4ccccc4)cc3)c3ccc4c(c3)[Si](C)(C)c3ccccc3-4)cc1-2. The summed E-state index contributed by atoms with van der Waals surface area (Å²) < 4.78 is 0. The van der Waals surface area contributed by atoms with Gasteiger partial charge in [-0.05, 0) is 113 Å². The molecule has 0 amide bonds. The van der Waals surface area contributed by atoms with Crippen LogP contribution >= 0.6 is 0 Å². The Morgan fingerprint density at radius 3 is 1.76 bits per heavy atom. The molecule has 0 fully saturated rings. The zero-order chi connectivity index (χ0) is 36.1. The number of fused-ring (bicyclic) bond motifs is 6. The van der Waals surface area contributed by atoms with Crippen LogP contribution in [-0.4, -0.2) is 8.07 Å². The summed E-state index contributed by atoms with van der Waals surface area (Å²) in [5.74, 6) is 0. The van der Waals surface area contributed by atoms with Gasteiger partial charge < -0.3 is 4.90 Å². The fourth-order valence-electron chi connectivity index (χ4n) is 8.84. The normalized spacial score (nSPS) is 15.2. The van der Waals surface area contributed by atoms with Crippen LogP contribution < -0.4 is 15.3 Å². The van der Waals surface area contributed by atoms with Crippen molar-refractivity contribution in [2.24, 2.45) is 0 Å². The molecule has 6 aromatic carbocycles. The summed E-state index contributed by atoms with van der Waals surface area (Å²) in [6, 6.07) is 48.4. The molecule has 0 radical (unpaired) electrons. The molecule has 0 atom stereocenters. The third-order valence-electron chi connectivity index (χ3n) is 11.7. The molecular weight excluding hydrogens is 631 g/mol. The molecule has 0 unspecified atom stereocenters. The molecule has 2 heteroatoms. The van der Waals surface area contributed by atoms with E-state index < -0.39 is 8.07 Å². The molecular formula is C49H51NSi. The molecule has 51 heavy (non-hydrogen) atoms. The summed E-state index contributed by atoms with van der Waals surface area (Å²) in [4.78, 5) is 2.49. The molecule has 1 aliphatic carbocycles. The van der Waals surface area contributed by atoms with Gasteiger partial charge in [0.1, 0.15) is 8.07 Å². The number of nitrogens with zero attached hydrogens (tertiary/aromatic N) is 1. The first-order valence-electron chi connectivity index (χ1n) is 18.6. The summed E-state index contributed by atoms with van der Waals surface area (Å²) in [5, 5.41) is 3.06.